The lowest BCUT2D eigenvalue weighted by Crippen LogP contribution is -2.45. The molecule has 5 nitrogen and oxygen atoms in total. The number of amides is 2. The van der Waals surface area contributed by atoms with E-state index in [-0.39, 0.29) is 0 Å². The first-order valence-corrected chi connectivity index (χ1v) is 4.24. The maximum Gasteiger partial charge on any atom is 0.329 e. The molecule has 1 rings (SSSR count). The molecule has 0 aromatic heterocycles. The third-order valence-corrected chi connectivity index (χ3v) is 2.01. The summed E-state index contributed by atoms with van der Waals surface area (Å²) in [5, 5.41) is 0. The summed E-state index contributed by atoms with van der Waals surface area (Å²) in [6, 6.07) is -0.810. The number of ether oxygens (including phenoxy) is 1. The molecule has 1 aliphatic heterocycles. The molecule has 0 aromatic carbocycles. The molecule has 0 N–H and O–H groups in total. The Bertz CT molecular complexity index is 290. The Morgan fingerprint density at radius 3 is 2.29 bits per heavy atom. The zero-order valence-electron chi connectivity index (χ0n) is 8.02. The van der Waals surface area contributed by atoms with E-state index in [1.165, 1.54) is 7.11 Å². The van der Waals surface area contributed by atoms with Crippen molar-refractivity contribution in [3.05, 3.63) is 12.2 Å². The number of nitrogens with zero attached hydrogens (tertiary/aromatic N) is 1. The molecule has 0 fully saturated rings. The third kappa shape index (κ3) is 1.66. The van der Waals surface area contributed by atoms with Crippen molar-refractivity contribution < 1.29 is 19.1 Å². The molecular formula is C9H11NO4. The average Bonchev–Trinajstić information content (AvgIpc) is 2.50. The molecule has 1 aliphatic rings. The zero-order chi connectivity index (χ0) is 10.7. The smallest absolute Gasteiger partial charge is 0.329 e. The fourth-order valence-electron chi connectivity index (χ4n) is 1.31. The molecule has 0 bridgehead atoms. The Morgan fingerprint density at radius 2 is 1.93 bits per heavy atom. The second-order valence-corrected chi connectivity index (χ2v) is 2.83. The van der Waals surface area contributed by atoms with E-state index in [2.05, 4.69) is 4.74 Å². The van der Waals surface area contributed by atoms with Gasteiger partial charge < -0.3 is 4.74 Å². The first-order valence-electron chi connectivity index (χ1n) is 4.24. The fourth-order valence-corrected chi connectivity index (χ4v) is 1.31. The fraction of sp³-hybridized carbons (Fsp3) is 0.444. The Balaban J connectivity index is 2.85. The van der Waals surface area contributed by atoms with Crippen molar-refractivity contribution >= 4 is 17.8 Å². The Morgan fingerprint density at radius 1 is 1.43 bits per heavy atom. The molecule has 0 saturated carbocycles. The van der Waals surface area contributed by atoms with E-state index in [1.54, 1.807) is 6.92 Å². The van der Waals surface area contributed by atoms with Crippen molar-refractivity contribution in [2.75, 3.05) is 7.11 Å². The van der Waals surface area contributed by atoms with E-state index in [4.69, 9.17) is 0 Å². The summed E-state index contributed by atoms with van der Waals surface area (Å²) in [5.74, 6) is -1.50. The van der Waals surface area contributed by atoms with Crippen LogP contribution in [-0.2, 0) is 19.1 Å². The maximum atomic E-state index is 11.2. The van der Waals surface area contributed by atoms with E-state index >= 15 is 0 Å². The van der Waals surface area contributed by atoms with Gasteiger partial charge in [0.05, 0.1) is 7.11 Å². The minimum Gasteiger partial charge on any atom is -0.467 e. The number of hydrogen-bond acceptors (Lipinski definition) is 4. The quantitative estimate of drug-likeness (QED) is 0.466. The van der Waals surface area contributed by atoms with Gasteiger partial charge in [-0.3, -0.25) is 14.5 Å². The monoisotopic (exact) mass is 197 g/mol. The molecule has 1 unspecified atom stereocenters. The average molecular weight is 197 g/mol. The van der Waals surface area contributed by atoms with Crippen molar-refractivity contribution in [3.8, 4) is 0 Å². The summed E-state index contributed by atoms with van der Waals surface area (Å²) < 4.78 is 4.50. The molecular weight excluding hydrogens is 186 g/mol. The topological polar surface area (TPSA) is 63.7 Å². The molecule has 0 radical (unpaired) electrons. The van der Waals surface area contributed by atoms with Crippen LogP contribution < -0.4 is 0 Å². The van der Waals surface area contributed by atoms with Gasteiger partial charge in [0, 0.05) is 12.2 Å². The van der Waals surface area contributed by atoms with Crippen molar-refractivity contribution in [2.45, 2.75) is 19.4 Å². The van der Waals surface area contributed by atoms with Crippen molar-refractivity contribution in [1.82, 2.24) is 4.90 Å². The van der Waals surface area contributed by atoms with Crippen molar-refractivity contribution in [3.63, 3.8) is 0 Å². The van der Waals surface area contributed by atoms with E-state index in [9.17, 15) is 14.4 Å². The summed E-state index contributed by atoms with van der Waals surface area (Å²) >= 11 is 0. The number of carbonyl (C=O) groups is 3. The first kappa shape index (κ1) is 10.4. The van der Waals surface area contributed by atoms with Crippen LogP contribution in [0.25, 0.3) is 0 Å². The lowest BCUT2D eigenvalue weighted by atomic mass is 10.2. The highest BCUT2D eigenvalue weighted by molar-refractivity contribution is 6.14. The Kier molecular flexibility index (Phi) is 3.01. The zero-order valence-corrected chi connectivity index (χ0v) is 8.02. The van der Waals surface area contributed by atoms with Gasteiger partial charge in [-0.15, -0.1) is 0 Å². The molecule has 1 atom stereocenters. The molecule has 0 saturated heterocycles. The van der Waals surface area contributed by atoms with Gasteiger partial charge >= 0.3 is 5.97 Å². The largest absolute Gasteiger partial charge is 0.467 e. The van der Waals surface area contributed by atoms with Gasteiger partial charge in [0.1, 0.15) is 6.04 Å². The summed E-state index contributed by atoms with van der Waals surface area (Å²) in [7, 11) is 1.23. The predicted octanol–water partition coefficient (Wildman–Crippen LogP) is -0.137. The van der Waals surface area contributed by atoms with Crippen LogP contribution in [-0.4, -0.2) is 35.8 Å². The van der Waals surface area contributed by atoms with Crippen LogP contribution in [0.1, 0.15) is 13.3 Å². The highest BCUT2D eigenvalue weighted by Crippen LogP contribution is 2.12. The highest BCUT2D eigenvalue weighted by atomic mass is 16.5. The van der Waals surface area contributed by atoms with Crippen LogP contribution in [0.2, 0.25) is 0 Å². The first-order chi connectivity index (χ1) is 6.61. The molecule has 5 heteroatoms. The number of esters is 1. The van der Waals surface area contributed by atoms with E-state index in [0.717, 1.165) is 17.1 Å². The maximum absolute atomic E-state index is 11.2. The molecule has 14 heavy (non-hydrogen) atoms. The summed E-state index contributed by atoms with van der Waals surface area (Å²) in [5.41, 5.74) is 0. The lowest BCUT2D eigenvalue weighted by molar-refractivity contribution is -0.155. The van der Waals surface area contributed by atoms with E-state index in [0.29, 0.717) is 6.42 Å². The minimum atomic E-state index is -0.810. The van der Waals surface area contributed by atoms with Crippen molar-refractivity contribution in [1.29, 1.82) is 0 Å². The number of methoxy groups -OCH3 is 1. The second kappa shape index (κ2) is 4.04. The summed E-state index contributed by atoms with van der Waals surface area (Å²) in [4.78, 5) is 34.6. The SMILES string of the molecule is CCC(C(=O)OC)N1C(=O)C=CC1=O. The van der Waals surface area contributed by atoms with Crippen molar-refractivity contribution in [2.24, 2.45) is 0 Å². The number of imide groups is 1. The molecule has 0 aliphatic carbocycles. The van der Waals surface area contributed by atoms with Crippen LogP contribution in [0.15, 0.2) is 12.2 Å². The minimum absolute atomic E-state index is 0.353. The predicted molar refractivity (Wildman–Crippen MR) is 47.1 cm³/mol. The van der Waals surface area contributed by atoms with E-state index in [1.807, 2.05) is 0 Å². The molecule has 0 spiro atoms. The highest BCUT2D eigenvalue weighted by Gasteiger charge is 2.35. The summed E-state index contributed by atoms with van der Waals surface area (Å²) in [6.45, 7) is 1.71. The molecule has 2 amide bonds. The number of carbonyl (C=O) groups excluding carboxylic acids is 3. The molecule has 1 heterocycles. The Hall–Kier alpha value is -1.65. The van der Waals surface area contributed by atoms with Crippen LogP contribution >= 0.6 is 0 Å². The van der Waals surface area contributed by atoms with E-state index < -0.39 is 23.8 Å². The van der Waals surface area contributed by atoms with Crippen LogP contribution in [0.3, 0.4) is 0 Å². The third-order valence-electron chi connectivity index (χ3n) is 2.01. The standard InChI is InChI=1S/C9H11NO4/c1-3-6(9(13)14-2)10-7(11)4-5-8(10)12/h4-6H,3H2,1-2H3. The van der Waals surface area contributed by atoms with Gasteiger partial charge in [0.2, 0.25) is 0 Å². The van der Waals surface area contributed by atoms with Gasteiger partial charge in [-0.05, 0) is 6.42 Å². The van der Waals surface area contributed by atoms with Gasteiger partial charge in [0.15, 0.2) is 0 Å². The normalized spacial score (nSPS) is 17.4. The number of hydrogen-bond donors (Lipinski definition) is 0. The van der Waals surface area contributed by atoms with Gasteiger partial charge in [0.25, 0.3) is 11.8 Å². The van der Waals surface area contributed by atoms with Gasteiger partial charge in [-0.2, -0.15) is 0 Å². The number of rotatable bonds is 3. The van der Waals surface area contributed by atoms with Crippen LogP contribution in [0.5, 0.6) is 0 Å². The van der Waals surface area contributed by atoms with Gasteiger partial charge in [-0.25, -0.2) is 4.79 Å². The molecule has 0 aromatic rings. The van der Waals surface area contributed by atoms with Crippen LogP contribution in [0, 0.1) is 0 Å². The second-order valence-electron chi connectivity index (χ2n) is 2.83. The lowest BCUT2D eigenvalue weighted by Gasteiger charge is -2.22. The Labute approximate surface area is 81.3 Å². The van der Waals surface area contributed by atoms with Gasteiger partial charge in [-0.1, -0.05) is 6.92 Å². The van der Waals surface area contributed by atoms with Crippen LogP contribution in [0.4, 0.5) is 0 Å². The summed E-state index contributed by atoms with van der Waals surface area (Å²) in [6.07, 6.45) is 2.65. The molecule has 76 valence electrons.